The normalized spacial score (nSPS) is 16.1. The Bertz CT molecular complexity index is 410. The summed E-state index contributed by atoms with van der Waals surface area (Å²) in [5.74, 6) is 1.78. The van der Waals surface area contributed by atoms with E-state index in [-0.39, 0.29) is 5.91 Å². The minimum atomic E-state index is 0.204. The molecule has 1 amide bonds. The van der Waals surface area contributed by atoms with Gasteiger partial charge in [0.1, 0.15) is 0 Å². The maximum absolute atomic E-state index is 11.8. The molecule has 0 bridgehead atoms. The van der Waals surface area contributed by atoms with Crippen LogP contribution in [0.15, 0.2) is 29.2 Å². The van der Waals surface area contributed by atoms with E-state index in [1.54, 1.807) is 11.8 Å². The average molecular weight is 291 g/mol. The Morgan fingerprint density at radius 2 is 1.90 bits per heavy atom. The van der Waals surface area contributed by atoms with E-state index in [2.05, 4.69) is 36.5 Å². The number of benzene rings is 1. The van der Waals surface area contributed by atoms with Crippen LogP contribution < -0.4 is 5.32 Å². The monoisotopic (exact) mass is 291 g/mol. The SMILES string of the molecule is Cc1ccc(SCCC(=O)NCC2CCCCC2)cc1. The van der Waals surface area contributed by atoms with Gasteiger partial charge >= 0.3 is 0 Å². The highest BCUT2D eigenvalue weighted by atomic mass is 32.2. The number of aryl methyl sites for hydroxylation is 1. The summed E-state index contributed by atoms with van der Waals surface area (Å²) in [7, 11) is 0. The van der Waals surface area contributed by atoms with Gasteiger partial charge in [-0.3, -0.25) is 4.79 Å². The largest absolute Gasteiger partial charge is 0.356 e. The maximum Gasteiger partial charge on any atom is 0.220 e. The van der Waals surface area contributed by atoms with Gasteiger partial charge in [-0.05, 0) is 37.8 Å². The lowest BCUT2D eigenvalue weighted by atomic mass is 9.89. The second kappa shape index (κ2) is 8.35. The predicted octanol–water partition coefficient (Wildman–Crippen LogP) is 4.17. The number of carbonyl (C=O) groups excluding carboxylic acids is 1. The summed E-state index contributed by atoms with van der Waals surface area (Å²) in [4.78, 5) is 13.1. The van der Waals surface area contributed by atoms with Gasteiger partial charge in [-0.15, -0.1) is 11.8 Å². The van der Waals surface area contributed by atoms with Crippen molar-refractivity contribution in [2.75, 3.05) is 12.3 Å². The number of rotatable bonds is 6. The number of hydrogen-bond acceptors (Lipinski definition) is 2. The summed E-state index contributed by atoms with van der Waals surface area (Å²) < 4.78 is 0. The molecule has 0 aromatic heterocycles. The Hall–Kier alpha value is -0.960. The summed E-state index contributed by atoms with van der Waals surface area (Å²) in [6.45, 7) is 2.97. The van der Waals surface area contributed by atoms with Crippen LogP contribution in [-0.2, 0) is 4.79 Å². The predicted molar refractivity (Wildman–Crippen MR) is 86.1 cm³/mol. The van der Waals surface area contributed by atoms with Crippen molar-refractivity contribution in [1.29, 1.82) is 0 Å². The fourth-order valence-corrected chi connectivity index (χ4v) is 3.49. The second-order valence-corrected chi connectivity index (χ2v) is 6.89. The fraction of sp³-hybridized carbons (Fsp3) is 0.588. The highest BCUT2D eigenvalue weighted by Crippen LogP contribution is 2.23. The lowest BCUT2D eigenvalue weighted by Crippen LogP contribution is -2.30. The van der Waals surface area contributed by atoms with Crippen molar-refractivity contribution in [1.82, 2.24) is 5.32 Å². The molecule has 110 valence electrons. The first-order valence-corrected chi connectivity index (χ1v) is 8.69. The van der Waals surface area contributed by atoms with Crippen LogP contribution in [0.2, 0.25) is 0 Å². The molecule has 0 heterocycles. The summed E-state index contributed by atoms with van der Waals surface area (Å²) in [5, 5.41) is 3.10. The van der Waals surface area contributed by atoms with Crippen molar-refractivity contribution in [3.8, 4) is 0 Å². The van der Waals surface area contributed by atoms with E-state index in [1.807, 2.05) is 0 Å². The Balaban J connectivity index is 1.58. The lowest BCUT2D eigenvalue weighted by molar-refractivity contribution is -0.120. The number of thioether (sulfide) groups is 1. The van der Waals surface area contributed by atoms with E-state index in [9.17, 15) is 4.79 Å². The van der Waals surface area contributed by atoms with Crippen LogP contribution in [0.5, 0.6) is 0 Å². The van der Waals surface area contributed by atoms with Crippen LogP contribution in [0.3, 0.4) is 0 Å². The molecule has 1 aliphatic carbocycles. The zero-order valence-corrected chi connectivity index (χ0v) is 13.2. The van der Waals surface area contributed by atoms with Crippen molar-refractivity contribution in [3.63, 3.8) is 0 Å². The molecular formula is C17H25NOS. The number of hydrogen-bond donors (Lipinski definition) is 1. The standard InChI is InChI=1S/C17H25NOS/c1-14-7-9-16(10-8-14)20-12-11-17(19)18-13-15-5-3-2-4-6-15/h7-10,15H,2-6,11-13H2,1H3,(H,18,19). The van der Waals surface area contributed by atoms with E-state index in [1.165, 1.54) is 42.6 Å². The molecule has 1 aliphatic rings. The van der Waals surface area contributed by atoms with E-state index in [4.69, 9.17) is 0 Å². The number of nitrogens with one attached hydrogen (secondary N) is 1. The lowest BCUT2D eigenvalue weighted by Gasteiger charge is -2.21. The zero-order valence-electron chi connectivity index (χ0n) is 12.4. The van der Waals surface area contributed by atoms with Gasteiger partial charge < -0.3 is 5.32 Å². The van der Waals surface area contributed by atoms with E-state index >= 15 is 0 Å². The van der Waals surface area contributed by atoms with Gasteiger partial charge in [-0.2, -0.15) is 0 Å². The molecule has 0 aliphatic heterocycles. The number of carbonyl (C=O) groups is 1. The first-order chi connectivity index (χ1) is 9.74. The molecule has 0 atom stereocenters. The van der Waals surface area contributed by atoms with Gasteiger partial charge in [0.25, 0.3) is 0 Å². The molecule has 0 unspecified atom stereocenters. The third kappa shape index (κ3) is 5.58. The smallest absolute Gasteiger partial charge is 0.220 e. The highest BCUT2D eigenvalue weighted by Gasteiger charge is 2.13. The Morgan fingerprint density at radius 3 is 2.60 bits per heavy atom. The molecule has 1 N–H and O–H groups in total. The van der Waals surface area contributed by atoms with Gasteiger partial charge in [-0.25, -0.2) is 0 Å². The minimum absolute atomic E-state index is 0.204. The Kier molecular flexibility index (Phi) is 6.44. The van der Waals surface area contributed by atoms with Crippen LogP contribution in [-0.4, -0.2) is 18.2 Å². The molecule has 1 saturated carbocycles. The summed E-state index contributed by atoms with van der Waals surface area (Å²) in [5.41, 5.74) is 1.28. The Labute approximate surface area is 126 Å². The third-order valence-corrected chi connectivity index (χ3v) is 4.95. The van der Waals surface area contributed by atoms with Gasteiger partial charge in [0, 0.05) is 23.6 Å². The topological polar surface area (TPSA) is 29.1 Å². The minimum Gasteiger partial charge on any atom is -0.356 e. The average Bonchev–Trinajstić information content (AvgIpc) is 2.48. The van der Waals surface area contributed by atoms with Crippen molar-refractivity contribution >= 4 is 17.7 Å². The van der Waals surface area contributed by atoms with Gasteiger partial charge in [0.15, 0.2) is 0 Å². The van der Waals surface area contributed by atoms with Crippen molar-refractivity contribution in [3.05, 3.63) is 29.8 Å². The van der Waals surface area contributed by atoms with Gasteiger partial charge in [-0.1, -0.05) is 37.0 Å². The van der Waals surface area contributed by atoms with E-state index < -0.39 is 0 Å². The summed E-state index contributed by atoms with van der Waals surface area (Å²) in [6, 6.07) is 8.48. The molecule has 2 nitrogen and oxygen atoms in total. The molecule has 1 fully saturated rings. The zero-order chi connectivity index (χ0) is 14.2. The second-order valence-electron chi connectivity index (χ2n) is 5.72. The van der Waals surface area contributed by atoms with Crippen LogP contribution in [0.1, 0.15) is 44.1 Å². The van der Waals surface area contributed by atoms with Crippen LogP contribution >= 0.6 is 11.8 Å². The first-order valence-electron chi connectivity index (χ1n) is 7.70. The summed E-state index contributed by atoms with van der Waals surface area (Å²) in [6.07, 6.45) is 7.24. The summed E-state index contributed by atoms with van der Waals surface area (Å²) >= 11 is 1.76. The van der Waals surface area contributed by atoms with Crippen LogP contribution in [0.25, 0.3) is 0 Å². The van der Waals surface area contributed by atoms with Crippen LogP contribution in [0, 0.1) is 12.8 Å². The molecule has 1 aromatic carbocycles. The van der Waals surface area contributed by atoms with Crippen molar-refractivity contribution < 1.29 is 4.79 Å². The van der Waals surface area contributed by atoms with Crippen LogP contribution in [0.4, 0.5) is 0 Å². The molecule has 3 heteroatoms. The maximum atomic E-state index is 11.8. The first kappa shape index (κ1) is 15.4. The molecule has 0 radical (unpaired) electrons. The molecule has 20 heavy (non-hydrogen) atoms. The Morgan fingerprint density at radius 1 is 1.20 bits per heavy atom. The molecular weight excluding hydrogens is 266 g/mol. The molecule has 2 rings (SSSR count). The molecule has 0 saturated heterocycles. The van der Waals surface area contributed by atoms with Crippen molar-refractivity contribution in [2.45, 2.75) is 50.3 Å². The van der Waals surface area contributed by atoms with E-state index in [0.29, 0.717) is 6.42 Å². The quantitative estimate of drug-likeness (QED) is 0.797. The van der Waals surface area contributed by atoms with Crippen molar-refractivity contribution in [2.24, 2.45) is 5.92 Å². The highest BCUT2D eigenvalue weighted by molar-refractivity contribution is 7.99. The third-order valence-electron chi connectivity index (χ3n) is 3.93. The molecule has 0 spiro atoms. The van der Waals surface area contributed by atoms with E-state index in [0.717, 1.165) is 18.2 Å². The number of amides is 1. The molecule has 1 aromatic rings. The van der Waals surface area contributed by atoms with Gasteiger partial charge in [0.05, 0.1) is 0 Å². The fourth-order valence-electron chi connectivity index (χ4n) is 2.63. The van der Waals surface area contributed by atoms with Gasteiger partial charge in [0.2, 0.25) is 5.91 Å².